The molecule has 7 nitrogen and oxygen atoms in total. The standard InChI is InChI=1S/C49H55NO6S/c1-32-10-9-24-48(3)42(40-20-17-34(26-38(51)19-15-32)27-41(40)47(53)45-22-16-33(2)57-45)23-25-49(48,54)31-50(30-37-13-8-12-36-11-6-7-14-39(36)37)46(52)29-35-18-21-43(55-4)44(28-35)56-5/h6-8,10-14,16-18,20-22,27-28,38,42,51,54H,9,15,19,23-26,29-31H2,1-5H3/t38-,42-,48-,49+/m0/s1. The van der Waals surface area contributed by atoms with E-state index < -0.39 is 17.1 Å². The lowest BCUT2D eigenvalue weighted by atomic mass is 9.64. The van der Waals surface area contributed by atoms with Gasteiger partial charge in [-0.1, -0.05) is 79.2 Å². The van der Waals surface area contributed by atoms with Crippen LogP contribution in [0.5, 0.6) is 11.5 Å². The Bertz CT molecular complexity index is 2290. The van der Waals surface area contributed by atoms with Crippen molar-refractivity contribution in [1.82, 2.24) is 4.90 Å². The van der Waals surface area contributed by atoms with Crippen molar-refractivity contribution in [2.75, 3.05) is 20.8 Å². The second-order valence-electron chi connectivity index (χ2n) is 16.4. The van der Waals surface area contributed by atoms with E-state index in [0.29, 0.717) is 60.6 Å². The van der Waals surface area contributed by atoms with Gasteiger partial charge in [-0.15, -0.1) is 11.3 Å². The van der Waals surface area contributed by atoms with Crippen LogP contribution in [0.25, 0.3) is 10.8 Å². The summed E-state index contributed by atoms with van der Waals surface area (Å²) in [5, 5.41) is 26.5. The van der Waals surface area contributed by atoms with Gasteiger partial charge in [-0.2, -0.15) is 0 Å². The maximum atomic E-state index is 14.7. The van der Waals surface area contributed by atoms with Crippen molar-refractivity contribution in [3.05, 3.63) is 140 Å². The lowest BCUT2D eigenvalue weighted by Gasteiger charge is -2.46. The molecule has 1 saturated carbocycles. The van der Waals surface area contributed by atoms with Gasteiger partial charge in [-0.3, -0.25) is 9.59 Å². The Morgan fingerprint density at radius 1 is 0.895 bits per heavy atom. The van der Waals surface area contributed by atoms with Gasteiger partial charge in [0.1, 0.15) is 0 Å². The van der Waals surface area contributed by atoms with Gasteiger partial charge in [-0.25, -0.2) is 0 Å². The van der Waals surface area contributed by atoms with Gasteiger partial charge >= 0.3 is 0 Å². The van der Waals surface area contributed by atoms with Crippen molar-refractivity contribution in [1.29, 1.82) is 0 Å². The van der Waals surface area contributed by atoms with Crippen molar-refractivity contribution >= 4 is 33.8 Å². The molecule has 2 bridgehead atoms. The highest BCUT2D eigenvalue weighted by Gasteiger charge is 2.57. The Kier molecular flexibility index (Phi) is 12.1. The van der Waals surface area contributed by atoms with E-state index in [1.165, 1.54) is 16.9 Å². The largest absolute Gasteiger partial charge is 0.493 e. The molecule has 5 aromatic rings. The van der Waals surface area contributed by atoms with Crippen LogP contribution in [0.15, 0.2) is 103 Å². The summed E-state index contributed by atoms with van der Waals surface area (Å²) >= 11 is 1.49. The molecule has 4 aromatic carbocycles. The molecule has 298 valence electrons. The number of aryl methyl sites for hydroxylation is 1. The van der Waals surface area contributed by atoms with Gasteiger partial charge in [-0.05, 0) is 128 Å². The second-order valence-corrected chi connectivity index (χ2v) is 17.7. The third kappa shape index (κ3) is 8.45. The number of carbonyl (C=O) groups is 2. The van der Waals surface area contributed by atoms with Gasteiger partial charge in [0.2, 0.25) is 11.7 Å². The van der Waals surface area contributed by atoms with E-state index in [4.69, 9.17) is 9.47 Å². The van der Waals surface area contributed by atoms with Gasteiger partial charge in [0.15, 0.2) is 11.5 Å². The SMILES string of the molecule is COc1ccc(CC(=O)N(Cc2cccc3ccccc23)C[C@]2(O)CC[C@H]3c4ccc(cc4C(=O)c4ccc(C)s4)C[C@@H](O)CCC(C)=CCC[C@@]32C)cc1OC. The van der Waals surface area contributed by atoms with Crippen LogP contribution < -0.4 is 9.47 Å². The monoisotopic (exact) mass is 785 g/mol. The lowest BCUT2D eigenvalue weighted by molar-refractivity contribution is -0.140. The Labute approximate surface area is 341 Å². The molecule has 8 rings (SSSR count). The molecule has 1 amide bonds. The minimum Gasteiger partial charge on any atom is -0.493 e. The number of ether oxygens (including phenoxy) is 2. The number of fused-ring (bicyclic) bond motifs is 9. The van der Waals surface area contributed by atoms with Crippen LogP contribution in [-0.4, -0.2) is 59.3 Å². The number of nitrogens with zero attached hydrogens (tertiary/aromatic N) is 1. The van der Waals surface area contributed by atoms with E-state index in [1.54, 1.807) is 14.2 Å². The van der Waals surface area contributed by atoms with E-state index in [0.717, 1.165) is 50.7 Å². The van der Waals surface area contributed by atoms with Crippen molar-refractivity contribution in [3.63, 3.8) is 0 Å². The van der Waals surface area contributed by atoms with Crippen LogP contribution >= 0.6 is 11.3 Å². The van der Waals surface area contributed by atoms with Crippen LogP contribution in [0.1, 0.15) is 101 Å². The first-order chi connectivity index (χ1) is 27.4. The number of benzene rings is 4. The average molecular weight is 786 g/mol. The summed E-state index contributed by atoms with van der Waals surface area (Å²) in [5.74, 6) is 0.870. The summed E-state index contributed by atoms with van der Waals surface area (Å²) in [6, 6.07) is 29.9. The van der Waals surface area contributed by atoms with E-state index in [-0.39, 0.29) is 30.6 Å². The minimum atomic E-state index is -1.27. The first-order valence-corrected chi connectivity index (χ1v) is 21.0. The number of thiophene rings is 1. The highest BCUT2D eigenvalue weighted by molar-refractivity contribution is 7.14. The smallest absolute Gasteiger partial charge is 0.227 e. The number of methoxy groups -OCH3 is 2. The topological polar surface area (TPSA) is 96.3 Å². The number of aliphatic hydroxyl groups excluding tert-OH is 1. The highest BCUT2D eigenvalue weighted by Crippen LogP contribution is 2.59. The predicted octanol–water partition coefficient (Wildman–Crippen LogP) is 9.77. The molecule has 0 unspecified atom stereocenters. The summed E-state index contributed by atoms with van der Waals surface area (Å²) < 4.78 is 11.0. The molecule has 0 radical (unpaired) electrons. The Balaban J connectivity index is 1.31. The molecule has 2 N–H and O–H groups in total. The number of amides is 1. The average Bonchev–Trinajstić information content (AvgIpc) is 3.75. The summed E-state index contributed by atoms with van der Waals surface area (Å²) in [6.45, 7) is 6.76. The van der Waals surface area contributed by atoms with Crippen LogP contribution in [0.3, 0.4) is 0 Å². The van der Waals surface area contributed by atoms with Crippen LogP contribution in [0.2, 0.25) is 0 Å². The van der Waals surface area contributed by atoms with Crippen LogP contribution in [0.4, 0.5) is 0 Å². The fourth-order valence-electron chi connectivity index (χ4n) is 9.35. The zero-order valence-electron chi connectivity index (χ0n) is 33.8. The van der Waals surface area contributed by atoms with Crippen molar-refractivity contribution in [3.8, 4) is 11.5 Å². The highest BCUT2D eigenvalue weighted by atomic mass is 32.1. The molecule has 0 spiro atoms. The molecular formula is C49H55NO6S. The summed E-state index contributed by atoms with van der Waals surface area (Å²) in [5.41, 5.74) is 3.55. The number of hydrogen-bond acceptors (Lipinski definition) is 7. The van der Waals surface area contributed by atoms with E-state index in [1.807, 2.05) is 66.4 Å². The quantitative estimate of drug-likeness (QED) is 0.108. The molecule has 1 fully saturated rings. The summed E-state index contributed by atoms with van der Waals surface area (Å²) in [6.07, 6.45) is 6.24. The first-order valence-electron chi connectivity index (χ1n) is 20.2. The summed E-state index contributed by atoms with van der Waals surface area (Å²) in [7, 11) is 3.18. The predicted molar refractivity (Wildman–Crippen MR) is 229 cm³/mol. The van der Waals surface area contributed by atoms with Gasteiger partial charge in [0, 0.05) is 22.4 Å². The maximum absolute atomic E-state index is 14.7. The third-order valence-electron chi connectivity index (χ3n) is 12.7. The molecule has 57 heavy (non-hydrogen) atoms. The number of ketones is 1. The fraction of sp³-hybridized carbons (Fsp3) is 0.388. The maximum Gasteiger partial charge on any atom is 0.227 e. The Morgan fingerprint density at radius 2 is 1.68 bits per heavy atom. The van der Waals surface area contributed by atoms with E-state index in [9.17, 15) is 19.8 Å². The zero-order valence-corrected chi connectivity index (χ0v) is 34.7. The summed E-state index contributed by atoms with van der Waals surface area (Å²) in [4.78, 5) is 32.7. The van der Waals surface area contributed by atoms with E-state index in [2.05, 4.69) is 56.3 Å². The number of allylic oxidation sites excluding steroid dienone is 2. The number of carbonyl (C=O) groups excluding carboxylic acids is 2. The van der Waals surface area contributed by atoms with E-state index >= 15 is 0 Å². The fourth-order valence-corrected chi connectivity index (χ4v) is 10.2. The van der Waals surface area contributed by atoms with Crippen molar-refractivity contribution in [2.45, 2.75) is 96.3 Å². The second kappa shape index (κ2) is 17.0. The molecule has 4 atom stereocenters. The molecule has 0 aliphatic heterocycles. The molecule has 8 heteroatoms. The van der Waals surface area contributed by atoms with Crippen molar-refractivity contribution in [2.24, 2.45) is 5.41 Å². The number of aliphatic hydroxyl groups is 2. The van der Waals surface area contributed by atoms with Crippen LogP contribution in [0, 0.1) is 12.3 Å². The molecular weight excluding hydrogens is 731 g/mol. The normalized spacial score (nSPS) is 22.4. The third-order valence-corrected chi connectivity index (χ3v) is 13.7. The molecule has 3 aliphatic rings. The van der Waals surface area contributed by atoms with Crippen molar-refractivity contribution < 1.29 is 29.3 Å². The molecule has 1 heterocycles. The number of rotatable bonds is 10. The van der Waals surface area contributed by atoms with Gasteiger partial charge < -0.3 is 24.6 Å². The lowest BCUT2D eigenvalue weighted by Crippen LogP contribution is -2.53. The Hall–Kier alpha value is -4.76. The van der Waals surface area contributed by atoms with Gasteiger partial charge in [0.05, 0.1) is 43.8 Å². The molecule has 1 aromatic heterocycles. The zero-order chi connectivity index (χ0) is 40.3. The van der Waals surface area contributed by atoms with Crippen LogP contribution in [-0.2, 0) is 24.2 Å². The molecule has 3 aliphatic carbocycles. The first kappa shape index (κ1) is 40.4. The minimum absolute atomic E-state index is 0.0252. The Morgan fingerprint density at radius 3 is 2.46 bits per heavy atom. The van der Waals surface area contributed by atoms with Gasteiger partial charge in [0.25, 0.3) is 0 Å². The number of hydrogen-bond donors (Lipinski definition) is 2. The molecule has 0 saturated heterocycles.